The van der Waals surface area contributed by atoms with E-state index in [0.717, 1.165) is 58.4 Å². The molecule has 3 rings (SSSR count). The van der Waals surface area contributed by atoms with Crippen LogP contribution in [0.1, 0.15) is 18.1 Å². The Labute approximate surface area is 145 Å². The average molecular weight is 330 g/mol. The fraction of sp³-hybridized carbons (Fsp3) is 0.632. The monoisotopic (exact) mass is 330 g/mol. The molecule has 1 aromatic rings. The molecule has 132 valence electrons. The number of aryl methyl sites for hydroxylation is 1. The summed E-state index contributed by atoms with van der Waals surface area (Å²) in [5, 5.41) is 3.53. The lowest BCUT2D eigenvalue weighted by molar-refractivity contribution is -0.0973. The lowest BCUT2D eigenvalue weighted by Crippen LogP contribution is -2.55. The van der Waals surface area contributed by atoms with E-state index in [-0.39, 0.29) is 5.41 Å². The molecule has 0 aliphatic carbocycles. The van der Waals surface area contributed by atoms with Crippen LogP contribution in [0.25, 0.3) is 0 Å². The van der Waals surface area contributed by atoms with Crippen molar-refractivity contribution in [2.24, 2.45) is 10.4 Å². The first kappa shape index (κ1) is 17.2. The van der Waals surface area contributed by atoms with E-state index >= 15 is 0 Å². The van der Waals surface area contributed by atoms with Gasteiger partial charge < -0.3 is 15.0 Å². The zero-order valence-corrected chi connectivity index (χ0v) is 15.2. The van der Waals surface area contributed by atoms with Crippen LogP contribution in [0.15, 0.2) is 29.3 Å². The Morgan fingerprint density at radius 1 is 1.25 bits per heavy atom. The van der Waals surface area contributed by atoms with Gasteiger partial charge in [0, 0.05) is 51.7 Å². The van der Waals surface area contributed by atoms with Crippen LogP contribution in [0, 0.1) is 12.3 Å². The van der Waals surface area contributed by atoms with E-state index in [1.165, 1.54) is 11.1 Å². The Bertz CT molecular complexity index is 574. The molecule has 2 fully saturated rings. The van der Waals surface area contributed by atoms with Gasteiger partial charge in [-0.05, 0) is 12.5 Å². The van der Waals surface area contributed by atoms with E-state index < -0.39 is 0 Å². The second kappa shape index (κ2) is 7.53. The maximum Gasteiger partial charge on any atom is 0.193 e. The van der Waals surface area contributed by atoms with Gasteiger partial charge in [0.15, 0.2) is 5.96 Å². The summed E-state index contributed by atoms with van der Waals surface area (Å²) in [5.74, 6) is 1.03. The normalized spacial score (nSPS) is 21.5. The third-order valence-corrected chi connectivity index (χ3v) is 4.95. The van der Waals surface area contributed by atoms with E-state index in [4.69, 9.17) is 4.74 Å². The standard InChI is InChI=1S/C19H30N4O/c1-16-5-4-6-17(11-16)12-22-7-9-23(10-8-22)18(20-3)21-13-19(2)14-24-15-19/h4-6,11H,7-10,12-15H2,1-3H3,(H,20,21). The highest BCUT2D eigenvalue weighted by atomic mass is 16.5. The molecule has 2 aliphatic rings. The highest BCUT2D eigenvalue weighted by Gasteiger charge is 2.33. The number of aliphatic imine (C=N–C) groups is 1. The van der Waals surface area contributed by atoms with Gasteiger partial charge in [-0.2, -0.15) is 0 Å². The van der Waals surface area contributed by atoms with Crippen LogP contribution < -0.4 is 5.32 Å². The topological polar surface area (TPSA) is 40.1 Å². The smallest absolute Gasteiger partial charge is 0.193 e. The SMILES string of the molecule is CN=C(NCC1(C)COC1)N1CCN(Cc2cccc(C)c2)CC1. The van der Waals surface area contributed by atoms with Crippen molar-refractivity contribution in [2.45, 2.75) is 20.4 Å². The summed E-state index contributed by atoms with van der Waals surface area (Å²) in [4.78, 5) is 9.36. The predicted molar refractivity (Wildman–Crippen MR) is 98.3 cm³/mol. The molecule has 0 amide bonds. The number of nitrogens with zero attached hydrogens (tertiary/aromatic N) is 3. The van der Waals surface area contributed by atoms with Crippen molar-refractivity contribution < 1.29 is 4.74 Å². The van der Waals surface area contributed by atoms with Crippen LogP contribution in [0.3, 0.4) is 0 Å². The molecular formula is C19H30N4O. The summed E-state index contributed by atoms with van der Waals surface area (Å²) in [6, 6.07) is 8.82. The highest BCUT2D eigenvalue weighted by molar-refractivity contribution is 5.80. The van der Waals surface area contributed by atoms with Gasteiger partial charge in [-0.1, -0.05) is 36.8 Å². The molecular weight excluding hydrogens is 300 g/mol. The minimum absolute atomic E-state index is 0.267. The molecule has 0 bridgehead atoms. The third-order valence-electron chi connectivity index (χ3n) is 4.95. The minimum atomic E-state index is 0.267. The first-order valence-corrected chi connectivity index (χ1v) is 8.89. The van der Waals surface area contributed by atoms with Crippen molar-refractivity contribution in [3.8, 4) is 0 Å². The highest BCUT2D eigenvalue weighted by Crippen LogP contribution is 2.25. The molecule has 0 aromatic heterocycles. The molecule has 0 radical (unpaired) electrons. The summed E-state index contributed by atoms with van der Waals surface area (Å²) in [6.45, 7) is 12.3. The van der Waals surface area contributed by atoms with Gasteiger partial charge in [0.25, 0.3) is 0 Å². The van der Waals surface area contributed by atoms with E-state index in [1.54, 1.807) is 0 Å². The molecule has 2 saturated heterocycles. The third kappa shape index (κ3) is 4.28. The number of benzene rings is 1. The summed E-state index contributed by atoms with van der Waals surface area (Å²) in [6.07, 6.45) is 0. The zero-order valence-electron chi connectivity index (χ0n) is 15.2. The number of hydrogen-bond donors (Lipinski definition) is 1. The molecule has 0 saturated carbocycles. The van der Waals surface area contributed by atoms with Gasteiger partial charge in [0.1, 0.15) is 0 Å². The fourth-order valence-corrected chi connectivity index (χ4v) is 3.36. The van der Waals surface area contributed by atoms with Crippen molar-refractivity contribution in [3.63, 3.8) is 0 Å². The molecule has 0 unspecified atom stereocenters. The second-order valence-electron chi connectivity index (χ2n) is 7.46. The Kier molecular flexibility index (Phi) is 5.41. The molecule has 2 heterocycles. The number of ether oxygens (including phenoxy) is 1. The lowest BCUT2D eigenvalue weighted by Gasteiger charge is -2.41. The number of nitrogens with one attached hydrogen (secondary N) is 1. The Balaban J connectivity index is 1.46. The van der Waals surface area contributed by atoms with Gasteiger partial charge in [-0.3, -0.25) is 9.89 Å². The largest absolute Gasteiger partial charge is 0.380 e. The molecule has 0 spiro atoms. The molecule has 5 heteroatoms. The number of piperazine rings is 1. The van der Waals surface area contributed by atoms with Gasteiger partial charge in [-0.15, -0.1) is 0 Å². The summed E-state index contributed by atoms with van der Waals surface area (Å²) in [7, 11) is 1.88. The van der Waals surface area contributed by atoms with E-state index in [0.29, 0.717) is 0 Å². The van der Waals surface area contributed by atoms with Gasteiger partial charge in [-0.25, -0.2) is 0 Å². The Hall–Kier alpha value is -1.59. The Morgan fingerprint density at radius 3 is 2.58 bits per heavy atom. The molecule has 0 atom stereocenters. The van der Waals surface area contributed by atoms with Crippen molar-refractivity contribution in [2.75, 3.05) is 53.0 Å². The first-order chi connectivity index (χ1) is 11.6. The van der Waals surface area contributed by atoms with Crippen LogP contribution in [0.2, 0.25) is 0 Å². The molecule has 2 aliphatic heterocycles. The lowest BCUT2D eigenvalue weighted by atomic mass is 9.89. The number of hydrogen-bond acceptors (Lipinski definition) is 3. The number of rotatable bonds is 4. The number of guanidine groups is 1. The summed E-state index contributed by atoms with van der Waals surface area (Å²) in [5.41, 5.74) is 3.01. The second-order valence-corrected chi connectivity index (χ2v) is 7.46. The van der Waals surface area contributed by atoms with Crippen molar-refractivity contribution in [1.82, 2.24) is 15.1 Å². The maximum atomic E-state index is 5.33. The molecule has 5 nitrogen and oxygen atoms in total. The molecule has 24 heavy (non-hydrogen) atoms. The van der Waals surface area contributed by atoms with Crippen LogP contribution in [0.4, 0.5) is 0 Å². The summed E-state index contributed by atoms with van der Waals surface area (Å²) < 4.78 is 5.33. The van der Waals surface area contributed by atoms with Gasteiger partial charge in [0.05, 0.1) is 13.2 Å². The average Bonchev–Trinajstić information content (AvgIpc) is 2.55. The van der Waals surface area contributed by atoms with Crippen LogP contribution >= 0.6 is 0 Å². The van der Waals surface area contributed by atoms with Crippen LogP contribution in [0.5, 0.6) is 0 Å². The van der Waals surface area contributed by atoms with Crippen molar-refractivity contribution >= 4 is 5.96 Å². The van der Waals surface area contributed by atoms with Crippen LogP contribution in [-0.4, -0.2) is 68.7 Å². The summed E-state index contributed by atoms with van der Waals surface area (Å²) >= 11 is 0. The van der Waals surface area contributed by atoms with E-state index in [9.17, 15) is 0 Å². The molecule has 1 aromatic carbocycles. The van der Waals surface area contributed by atoms with Crippen LogP contribution in [-0.2, 0) is 11.3 Å². The minimum Gasteiger partial charge on any atom is -0.380 e. The zero-order chi connectivity index (χ0) is 17.0. The Morgan fingerprint density at radius 2 is 2.00 bits per heavy atom. The predicted octanol–water partition coefficient (Wildman–Crippen LogP) is 1.72. The van der Waals surface area contributed by atoms with Crippen molar-refractivity contribution in [3.05, 3.63) is 35.4 Å². The van der Waals surface area contributed by atoms with Gasteiger partial charge >= 0.3 is 0 Å². The molecule has 1 N–H and O–H groups in total. The van der Waals surface area contributed by atoms with Gasteiger partial charge in [0.2, 0.25) is 0 Å². The van der Waals surface area contributed by atoms with E-state index in [2.05, 4.69) is 58.2 Å². The van der Waals surface area contributed by atoms with E-state index in [1.807, 2.05) is 7.05 Å². The first-order valence-electron chi connectivity index (χ1n) is 8.89. The maximum absolute atomic E-state index is 5.33. The quantitative estimate of drug-likeness (QED) is 0.674. The van der Waals surface area contributed by atoms with Crippen molar-refractivity contribution in [1.29, 1.82) is 0 Å². The fourth-order valence-electron chi connectivity index (χ4n) is 3.36.